The second-order valence-electron chi connectivity index (χ2n) is 5.31. The van der Waals surface area contributed by atoms with Crippen LogP contribution in [0.1, 0.15) is 6.42 Å². The molecule has 2 saturated heterocycles. The first-order chi connectivity index (χ1) is 9.70. The maximum atomic E-state index is 5.80. The van der Waals surface area contributed by atoms with Gasteiger partial charge in [0.25, 0.3) is 0 Å². The van der Waals surface area contributed by atoms with Gasteiger partial charge < -0.3 is 25.6 Å². The fourth-order valence-corrected chi connectivity index (χ4v) is 2.59. The first-order valence-electron chi connectivity index (χ1n) is 7.00. The van der Waals surface area contributed by atoms with E-state index in [2.05, 4.69) is 37.1 Å². The number of nitrogens with two attached hydrogens (primary N) is 1. The number of nitrogens with one attached hydrogen (secondary N) is 1. The molecule has 0 spiro atoms. The highest BCUT2D eigenvalue weighted by Crippen LogP contribution is 2.16. The number of rotatable bonds is 3. The minimum atomic E-state index is 0.260. The van der Waals surface area contributed by atoms with Crippen LogP contribution in [0.15, 0.2) is 0 Å². The fraction of sp³-hybridized carbons (Fsp3) is 0.750. The number of hydrogen-bond acceptors (Lipinski definition) is 8. The summed E-state index contributed by atoms with van der Waals surface area (Å²) in [5.74, 6) is 1.46. The lowest BCUT2D eigenvalue weighted by Gasteiger charge is -2.27. The van der Waals surface area contributed by atoms with Crippen LogP contribution in [0.4, 0.5) is 17.8 Å². The number of likely N-dealkylation sites (tertiary alicyclic amines) is 1. The summed E-state index contributed by atoms with van der Waals surface area (Å²) in [4.78, 5) is 17.3. The summed E-state index contributed by atoms with van der Waals surface area (Å²) < 4.78 is 5.34. The molecule has 1 unspecified atom stereocenters. The summed E-state index contributed by atoms with van der Waals surface area (Å²) in [6.07, 6.45) is 1.09. The molecule has 8 nitrogen and oxygen atoms in total. The molecule has 2 aliphatic rings. The molecule has 3 rings (SSSR count). The Morgan fingerprint density at radius 1 is 1.20 bits per heavy atom. The molecule has 0 amide bonds. The highest BCUT2D eigenvalue weighted by atomic mass is 16.5. The zero-order chi connectivity index (χ0) is 13.9. The Bertz CT molecular complexity index is 463. The minimum absolute atomic E-state index is 0.260. The van der Waals surface area contributed by atoms with Crippen molar-refractivity contribution < 1.29 is 4.74 Å². The lowest BCUT2D eigenvalue weighted by Crippen LogP contribution is -2.37. The molecule has 8 heteroatoms. The third-order valence-electron chi connectivity index (χ3n) is 3.66. The van der Waals surface area contributed by atoms with E-state index < -0.39 is 0 Å². The van der Waals surface area contributed by atoms with E-state index in [4.69, 9.17) is 10.5 Å². The Labute approximate surface area is 118 Å². The lowest BCUT2D eigenvalue weighted by molar-refractivity contribution is 0.122. The summed E-state index contributed by atoms with van der Waals surface area (Å²) in [5, 5.41) is 3.35. The van der Waals surface area contributed by atoms with Crippen molar-refractivity contribution in [2.24, 2.45) is 0 Å². The predicted molar refractivity (Wildman–Crippen MR) is 76.8 cm³/mol. The van der Waals surface area contributed by atoms with Crippen molar-refractivity contribution in [1.29, 1.82) is 0 Å². The quantitative estimate of drug-likeness (QED) is 0.758. The first kappa shape index (κ1) is 13.3. The summed E-state index contributed by atoms with van der Waals surface area (Å²) in [6.45, 7) is 5.06. The molecule has 1 aromatic heterocycles. The molecule has 1 aromatic rings. The number of anilines is 3. The lowest BCUT2D eigenvalue weighted by atomic mass is 10.3. The molecular formula is C12H21N7O. The molecular weight excluding hydrogens is 258 g/mol. The second-order valence-corrected chi connectivity index (χ2v) is 5.31. The van der Waals surface area contributed by atoms with Gasteiger partial charge in [0.2, 0.25) is 17.8 Å². The zero-order valence-electron chi connectivity index (χ0n) is 11.7. The van der Waals surface area contributed by atoms with E-state index in [1.54, 1.807) is 0 Å². The number of morpholine rings is 1. The molecule has 0 bridgehead atoms. The van der Waals surface area contributed by atoms with Crippen LogP contribution >= 0.6 is 0 Å². The van der Waals surface area contributed by atoms with Crippen molar-refractivity contribution >= 4 is 17.8 Å². The van der Waals surface area contributed by atoms with Crippen LogP contribution in [0.2, 0.25) is 0 Å². The van der Waals surface area contributed by atoms with E-state index in [1.165, 1.54) is 0 Å². The summed E-state index contributed by atoms with van der Waals surface area (Å²) in [6, 6.07) is 0.374. The second kappa shape index (κ2) is 5.76. The molecule has 3 heterocycles. The van der Waals surface area contributed by atoms with Gasteiger partial charge in [-0.05, 0) is 20.0 Å². The molecule has 0 aliphatic carbocycles. The molecule has 20 heavy (non-hydrogen) atoms. The van der Waals surface area contributed by atoms with E-state index >= 15 is 0 Å². The Morgan fingerprint density at radius 3 is 2.70 bits per heavy atom. The van der Waals surface area contributed by atoms with Crippen molar-refractivity contribution in [3.8, 4) is 0 Å². The van der Waals surface area contributed by atoms with Crippen molar-refractivity contribution in [3.05, 3.63) is 0 Å². The average molecular weight is 279 g/mol. The Hall–Kier alpha value is -1.67. The maximum absolute atomic E-state index is 5.80. The third kappa shape index (κ3) is 3.07. The highest BCUT2D eigenvalue weighted by molar-refractivity contribution is 5.42. The number of aromatic nitrogens is 3. The summed E-state index contributed by atoms with van der Waals surface area (Å²) in [7, 11) is 2.11. The SMILES string of the molecule is CN1CCC(Nc2nc(N)nc(N3CCOCC3)n2)C1. The largest absolute Gasteiger partial charge is 0.378 e. The third-order valence-corrected chi connectivity index (χ3v) is 3.66. The van der Waals surface area contributed by atoms with Gasteiger partial charge in [-0.25, -0.2) is 0 Å². The van der Waals surface area contributed by atoms with Crippen LogP contribution in [-0.4, -0.2) is 72.3 Å². The Balaban J connectivity index is 1.72. The standard InChI is InChI=1S/C12H21N7O/c1-18-3-2-9(8-18)14-11-15-10(13)16-12(17-11)19-4-6-20-7-5-19/h9H,2-8H2,1H3,(H3,13,14,15,16,17). The van der Waals surface area contributed by atoms with Gasteiger partial charge in [0, 0.05) is 25.7 Å². The normalized spacial score (nSPS) is 24.1. The molecule has 0 radical (unpaired) electrons. The number of likely N-dealkylation sites (N-methyl/N-ethyl adjacent to an activating group) is 1. The van der Waals surface area contributed by atoms with E-state index in [-0.39, 0.29) is 5.95 Å². The summed E-state index contributed by atoms with van der Waals surface area (Å²) in [5.41, 5.74) is 5.80. The smallest absolute Gasteiger partial charge is 0.232 e. The number of ether oxygens (including phenoxy) is 1. The molecule has 2 fully saturated rings. The van der Waals surface area contributed by atoms with Crippen molar-refractivity contribution in [2.45, 2.75) is 12.5 Å². The van der Waals surface area contributed by atoms with Crippen LogP contribution in [-0.2, 0) is 4.74 Å². The molecule has 2 aliphatic heterocycles. The number of nitrogen functional groups attached to an aromatic ring is 1. The fourth-order valence-electron chi connectivity index (χ4n) is 2.59. The van der Waals surface area contributed by atoms with Gasteiger partial charge in [-0.15, -0.1) is 0 Å². The molecule has 3 N–H and O–H groups in total. The van der Waals surface area contributed by atoms with Crippen molar-refractivity contribution in [3.63, 3.8) is 0 Å². The topological polar surface area (TPSA) is 92.4 Å². The molecule has 1 atom stereocenters. The molecule has 110 valence electrons. The minimum Gasteiger partial charge on any atom is -0.378 e. The van der Waals surface area contributed by atoms with Crippen LogP contribution in [0.5, 0.6) is 0 Å². The Kier molecular flexibility index (Phi) is 3.83. The van der Waals surface area contributed by atoms with Crippen LogP contribution in [0.25, 0.3) is 0 Å². The van der Waals surface area contributed by atoms with Gasteiger partial charge >= 0.3 is 0 Å². The predicted octanol–water partition coefficient (Wildman–Crippen LogP) is -0.594. The Morgan fingerprint density at radius 2 is 2.00 bits per heavy atom. The van der Waals surface area contributed by atoms with Gasteiger partial charge in [0.15, 0.2) is 0 Å². The monoisotopic (exact) mass is 279 g/mol. The van der Waals surface area contributed by atoms with E-state index in [0.29, 0.717) is 31.2 Å². The van der Waals surface area contributed by atoms with Crippen molar-refractivity contribution in [1.82, 2.24) is 19.9 Å². The van der Waals surface area contributed by atoms with Crippen molar-refractivity contribution in [2.75, 3.05) is 62.4 Å². The van der Waals surface area contributed by atoms with Crippen LogP contribution in [0.3, 0.4) is 0 Å². The van der Waals surface area contributed by atoms with E-state index in [9.17, 15) is 0 Å². The number of nitrogens with zero attached hydrogens (tertiary/aromatic N) is 5. The van der Waals surface area contributed by atoms with Gasteiger partial charge in [-0.3, -0.25) is 0 Å². The van der Waals surface area contributed by atoms with E-state index in [1.807, 2.05) is 0 Å². The number of hydrogen-bond donors (Lipinski definition) is 2. The average Bonchev–Trinajstić information content (AvgIpc) is 2.84. The highest BCUT2D eigenvalue weighted by Gasteiger charge is 2.21. The molecule has 0 saturated carbocycles. The molecule has 0 aromatic carbocycles. The van der Waals surface area contributed by atoms with Gasteiger partial charge in [0.1, 0.15) is 0 Å². The van der Waals surface area contributed by atoms with Gasteiger partial charge in [-0.2, -0.15) is 15.0 Å². The summed E-state index contributed by atoms with van der Waals surface area (Å²) >= 11 is 0. The maximum Gasteiger partial charge on any atom is 0.232 e. The van der Waals surface area contributed by atoms with E-state index in [0.717, 1.165) is 32.6 Å². The first-order valence-corrected chi connectivity index (χ1v) is 7.00. The van der Waals surface area contributed by atoms with Gasteiger partial charge in [-0.1, -0.05) is 0 Å². The van der Waals surface area contributed by atoms with Gasteiger partial charge in [0.05, 0.1) is 13.2 Å². The van der Waals surface area contributed by atoms with Crippen LogP contribution in [0, 0.1) is 0 Å². The van der Waals surface area contributed by atoms with Crippen LogP contribution < -0.4 is 16.0 Å². The zero-order valence-corrected chi connectivity index (χ0v) is 11.7.